The predicted molar refractivity (Wildman–Crippen MR) is 89.1 cm³/mol. The molecule has 21 heavy (non-hydrogen) atoms. The first-order valence-electron chi connectivity index (χ1n) is 8.08. The Kier molecular flexibility index (Phi) is 4.39. The maximum Gasteiger partial charge on any atom is 0.0726 e. The van der Waals surface area contributed by atoms with Crippen molar-refractivity contribution in [1.82, 2.24) is 9.88 Å². The van der Waals surface area contributed by atoms with Crippen molar-refractivity contribution in [3.63, 3.8) is 0 Å². The van der Waals surface area contributed by atoms with Gasteiger partial charge in [0.1, 0.15) is 0 Å². The molecule has 3 rings (SSSR count). The fraction of sp³-hybridized carbons (Fsp3) is 0.500. The molecule has 3 nitrogen and oxygen atoms in total. The van der Waals surface area contributed by atoms with E-state index in [4.69, 9.17) is 10.7 Å². The van der Waals surface area contributed by atoms with Crippen LogP contribution in [0.2, 0.25) is 0 Å². The Hall–Kier alpha value is -1.61. The third kappa shape index (κ3) is 3.35. The summed E-state index contributed by atoms with van der Waals surface area (Å²) in [5, 5.41) is 1.05. The molecule has 1 aliphatic rings. The lowest BCUT2D eigenvalue weighted by Crippen LogP contribution is -2.31. The minimum absolute atomic E-state index is 0.696. The van der Waals surface area contributed by atoms with Crippen LogP contribution in [0.4, 0.5) is 5.69 Å². The highest BCUT2D eigenvalue weighted by molar-refractivity contribution is 5.90. The molecule has 0 aliphatic heterocycles. The second-order valence-electron chi connectivity index (χ2n) is 6.28. The first kappa shape index (κ1) is 14.3. The summed E-state index contributed by atoms with van der Waals surface area (Å²) in [6.45, 7) is 0.889. The average Bonchev–Trinajstić information content (AvgIpc) is 2.76. The van der Waals surface area contributed by atoms with Gasteiger partial charge in [-0.15, -0.1) is 0 Å². The van der Waals surface area contributed by atoms with Crippen molar-refractivity contribution < 1.29 is 0 Å². The van der Waals surface area contributed by atoms with Crippen LogP contribution in [0.3, 0.4) is 0 Å². The topological polar surface area (TPSA) is 42.1 Å². The van der Waals surface area contributed by atoms with Crippen molar-refractivity contribution in [3.05, 3.63) is 36.0 Å². The van der Waals surface area contributed by atoms with Gasteiger partial charge in [-0.1, -0.05) is 43.9 Å². The number of nitrogens with two attached hydrogens (primary N) is 1. The summed E-state index contributed by atoms with van der Waals surface area (Å²) in [6, 6.07) is 10.8. The molecule has 1 saturated carbocycles. The Balaban J connectivity index is 1.77. The van der Waals surface area contributed by atoms with Gasteiger partial charge in [0.25, 0.3) is 0 Å². The van der Waals surface area contributed by atoms with Gasteiger partial charge in [-0.05, 0) is 32.0 Å². The Labute approximate surface area is 127 Å². The van der Waals surface area contributed by atoms with Crippen LogP contribution < -0.4 is 5.73 Å². The van der Waals surface area contributed by atoms with E-state index >= 15 is 0 Å². The number of fused-ring (bicyclic) bond motifs is 1. The van der Waals surface area contributed by atoms with E-state index in [0.717, 1.165) is 28.8 Å². The first-order chi connectivity index (χ1) is 10.2. The zero-order valence-corrected chi connectivity index (χ0v) is 12.9. The fourth-order valence-electron chi connectivity index (χ4n) is 3.42. The van der Waals surface area contributed by atoms with Gasteiger partial charge >= 0.3 is 0 Å². The molecule has 3 heteroatoms. The second kappa shape index (κ2) is 6.44. The highest BCUT2D eigenvalue weighted by Gasteiger charge is 2.17. The van der Waals surface area contributed by atoms with E-state index in [1.165, 1.54) is 38.5 Å². The van der Waals surface area contributed by atoms with Gasteiger partial charge in [-0.3, -0.25) is 9.88 Å². The highest BCUT2D eigenvalue weighted by Crippen LogP contribution is 2.24. The third-order valence-electron chi connectivity index (χ3n) is 4.66. The van der Waals surface area contributed by atoms with Crippen LogP contribution in [0.5, 0.6) is 0 Å². The molecule has 1 aliphatic carbocycles. The molecule has 0 radical (unpaired) electrons. The van der Waals surface area contributed by atoms with Crippen molar-refractivity contribution in [1.29, 1.82) is 0 Å². The van der Waals surface area contributed by atoms with E-state index < -0.39 is 0 Å². The molecule has 0 unspecified atom stereocenters. The number of hydrogen-bond acceptors (Lipinski definition) is 3. The van der Waals surface area contributed by atoms with Gasteiger partial charge < -0.3 is 5.73 Å². The van der Waals surface area contributed by atoms with Crippen LogP contribution in [0.1, 0.15) is 44.2 Å². The molecule has 1 fully saturated rings. The SMILES string of the molecule is CN(Cc1cc(N)c2ccccc2n1)C1CCCCCC1. The van der Waals surface area contributed by atoms with E-state index in [9.17, 15) is 0 Å². The van der Waals surface area contributed by atoms with Crippen molar-refractivity contribution in [2.24, 2.45) is 0 Å². The number of benzene rings is 1. The lowest BCUT2D eigenvalue weighted by atomic mass is 10.1. The third-order valence-corrected chi connectivity index (χ3v) is 4.66. The molecule has 1 aromatic heterocycles. The molecule has 0 spiro atoms. The molecule has 0 atom stereocenters. The summed E-state index contributed by atoms with van der Waals surface area (Å²) < 4.78 is 0. The second-order valence-corrected chi connectivity index (χ2v) is 6.28. The highest BCUT2D eigenvalue weighted by atomic mass is 15.1. The van der Waals surface area contributed by atoms with Crippen LogP contribution in [0, 0.1) is 0 Å². The van der Waals surface area contributed by atoms with E-state index in [2.05, 4.69) is 11.9 Å². The van der Waals surface area contributed by atoms with Gasteiger partial charge in [0.15, 0.2) is 0 Å². The number of hydrogen-bond donors (Lipinski definition) is 1. The van der Waals surface area contributed by atoms with Gasteiger partial charge in [-0.25, -0.2) is 0 Å². The lowest BCUT2D eigenvalue weighted by molar-refractivity contribution is 0.211. The van der Waals surface area contributed by atoms with Gasteiger partial charge in [0.05, 0.1) is 11.2 Å². The number of nitrogen functional groups attached to an aromatic ring is 1. The molecule has 1 heterocycles. The molecule has 1 aromatic carbocycles. The number of aromatic nitrogens is 1. The average molecular weight is 283 g/mol. The number of anilines is 1. The molecule has 112 valence electrons. The van der Waals surface area contributed by atoms with E-state index in [1.54, 1.807) is 0 Å². The maximum atomic E-state index is 6.18. The summed E-state index contributed by atoms with van der Waals surface area (Å²) in [4.78, 5) is 7.23. The minimum Gasteiger partial charge on any atom is -0.398 e. The fourth-order valence-corrected chi connectivity index (χ4v) is 3.42. The lowest BCUT2D eigenvalue weighted by Gasteiger charge is -2.26. The molecule has 0 amide bonds. The predicted octanol–water partition coefficient (Wildman–Crippen LogP) is 3.97. The largest absolute Gasteiger partial charge is 0.398 e. The number of para-hydroxylation sites is 1. The molecular weight excluding hydrogens is 258 g/mol. The van der Waals surface area contributed by atoms with Crippen molar-refractivity contribution in [3.8, 4) is 0 Å². The summed E-state index contributed by atoms with van der Waals surface area (Å²) in [6.07, 6.45) is 8.15. The Morgan fingerprint density at radius 2 is 1.86 bits per heavy atom. The van der Waals surface area contributed by atoms with E-state index in [1.807, 2.05) is 30.3 Å². The van der Waals surface area contributed by atoms with E-state index in [-0.39, 0.29) is 0 Å². The van der Waals surface area contributed by atoms with Crippen molar-refractivity contribution >= 4 is 16.6 Å². The maximum absolute atomic E-state index is 6.18. The molecule has 0 saturated heterocycles. The summed E-state index contributed by atoms with van der Waals surface area (Å²) >= 11 is 0. The van der Waals surface area contributed by atoms with Gasteiger partial charge in [0.2, 0.25) is 0 Å². The standard InChI is InChI=1S/C18H25N3/c1-21(15-8-4-2-3-5-9-15)13-14-12-17(19)16-10-6-7-11-18(16)20-14/h6-7,10-12,15H,2-5,8-9,13H2,1H3,(H2,19,20). The zero-order chi connectivity index (χ0) is 14.7. The van der Waals surface area contributed by atoms with Crippen LogP contribution in [-0.2, 0) is 6.54 Å². The summed E-state index contributed by atoms with van der Waals surface area (Å²) in [5.74, 6) is 0. The van der Waals surface area contributed by atoms with Crippen LogP contribution >= 0.6 is 0 Å². The van der Waals surface area contributed by atoms with Gasteiger partial charge in [-0.2, -0.15) is 0 Å². The number of pyridine rings is 1. The normalized spacial score (nSPS) is 17.2. The Morgan fingerprint density at radius 1 is 1.14 bits per heavy atom. The zero-order valence-electron chi connectivity index (χ0n) is 12.9. The number of rotatable bonds is 3. The van der Waals surface area contributed by atoms with Crippen molar-refractivity contribution in [2.45, 2.75) is 51.1 Å². The monoisotopic (exact) mass is 283 g/mol. The number of nitrogens with zero attached hydrogens (tertiary/aromatic N) is 2. The van der Waals surface area contributed by atoms with Crippen molar-refractivity contribution in [2.75, 3.05) is 12.8 Å². The molecule has 0 bridgehead atoms. The smallest absolute Gasteiger partial charge is 0.0726 e. The summed E-state index contributed by atoms with van der Waals surface area (Å²) in [7, 11) is 2.23. The quantitative estimate of drug-likeness (QED) is 0.867. The first-order valence-corrected chi connectivity index (χ1v) is 8.08. The van der Waals surface area contributed by atoms with Crippen LogP contribution in [0.25, 0.3) is 10.9 Å². The van der Waals surface area contributed by atoms with Gasteiger partial charge in [0, 0.05) is 23.7 Å². The Bertz CT molecular complexity index is 600. The molecule has 2 aromatic rings. The molecule has 2 N–H and O–H groups in total. The van der Waals surface area contributed by atoms with E-state index in [0.29, 0.717) is 6.04 Å². The van der Waals surface area contributed by atoms with Crippen LogP contribution in [-0.4, -0.2) is 23.0 Å². The Morgan fingerprint density at radius 3 is 2.62 bits per heavy atom. The minimum atomic E-state index is 0.696. The van der Waals surface area contributed by atoms with Crippen LogP contribution in [0.15, 0.2) is 30.3 Å². The molecular formula is C18H25N3. The summed E-state index contributed by atoms with van der Waals surface area (Å²) in [5.41, 5.74) is 9.10.